The van der Waals surface area contributed by atoms with E-state index in [-0.39, 0.29) is 109 Å². The first-order valence-corrected chi connectivity index (χ1v) is 31.8. The van der Waals surface area contributed by atoms with Crippen LogP contribution in [0.5, 0.6) is 0 Å². The van der Waals surface area contributed by atoms with Gasteiger partial charge in [0.25, 0.3) is 11.8 Å². The van der Waals surface area contributed by atoms with Crippen molar-refractivity contribution >= 4 is 118 Å². The number of likely N-dealkylation sites (N-methyl/N-ethyl adjacent to an activating group) is 3. The number of hydrogen-bond donors (Lipinski definition) is 3. The molecule has 31 nitrogen and oxygen atoms in total. The van der Waals surface area contributed by atoms with Crippen LogP contribution in [0.2, 0.25) is 0 Å². The van der Waals surface area contributed by atoms with Gasteiger partial charge in [0.05, 0.1) is 52.0 Å². The number of imidazole rings is 2. The lowest BCUT2D eigenvalue weighted by Crippen LogP contribution is -2.38. The number of halogens is 1. The molecular formula is C46H62FN14O17P2S3+. The highest BCUT2D eigenvalue weighted by Crippen LogP contribution is 2.51. The minimum Gasteiger partial charge on any atom is -0.449 e. The molecule has 0 aromatic carbocycles. The number of ether oxygens (including phenoxy) is 5. The summed E-state index contributed by atoms with van der Waals surface area (Å²) in [6, 6.07) is 0. The maximum absolute atomic E-state index is 16.1. The number of anilines is 2. The predicted octanol–water partition coefficient (Wildman–Crippen LogP) is 3.27. The fraction of sp³-hybridized carbons (Fsp3) is 0.609. The first-order chi connectivity index (χ1) is 39.6. The molecule has 4 aromatic heterocycles. The molecule has 4 N–H and O–H groups in total. The van der Waals surface area contributed by atoms with Crippen molar-refractivity contribution in [3.63, 3.8) is 0 Å². The van der Waals surface area contributed by atoms with Gasteiger partial charge in [0.1, 0.15) is 62.5 Å². The first-order valence-electron chi connectivity index (χ1n) is 25.8. The predicted molar refractivity (Wildman–Crippen MR) is 297 cm³/mol. The third-order valence-corrected chi connectivity index (χ3v) is 18.9. The molecule has 9 atom stereocenters. The van der Waals surface area contributed by atoms with Gasteiger partial charge < -0.3 is 58.1 Å². The molecular weight excluding hydrogens is 1200 g/mol. The summed E-state index contributed by atoms with van der Waals surface area (Å²) < 4.78 is 82.8. The molecule has 8 rings (SSSR count). The Balaban J connectivity index is 0.709. The second-order valence-electron chi connectivity index (χ2n) is 19.6. The summed E-state index contributed by atoms with van der Waals surface area (Å²) in [6.07, 6.45) is -2.22. The van der Waals surface area contributed by atoms with Crippen LogP contribution in [0.1, 0.15) is 52.0 Å². The van der Waals surface area contributed by atoms with Gasteiger partial charge in [0, 0.05) is 74.3 Å². The Labute approximate surface area is 487 Å². The Morgan fingerprint density at radius 2 is 1.55 bits per heavy atom. The number of carbonyl (C=O) groups is 6. The molecule has 2 unspecified atom stereocenters. The van der Waals surface area contributed by atoms with Gasteiger partial charge in [-0.15, -0.1) is 9.05 Å². The SMILES string of the molecule is CN(CCN(C)C(=O)CCC(C)(C)SSCCOC(=O)N(C)CCOC(=O)Nc1ncnc2c1ncn2[C@H]1C[C@@H]2OP(O)(=S)OC[C@H]3O[C@@H](n4cnc5c(N)ncnc54)[C@H](F)[C@@H]3O[P+](=O)OC[C@H]2O1)C(=O)CCOCCN1C(=O)C=CC1=O. The number of aromatic nitrogens is 8. The minimum absolute atomic E-state index is 0.00544. The van der Waals surface area contributed by atoms with Crippen LogP contribution in [0.4, 0.5) is 25.6 Å². The van der Waals surface area contributed by atoms with Crippen molar-refractivity contribution in [3.8, 4) is 0 Å². The quantitative estimate of drug-likeness (QED) is 0.0415. The second kappa shape index (κ2) is 28.5. The molecule has 3 saturated heterocycles. The highest BCUT2D eigenvalue weighted by atomic mass is 33.1. The summed E-state index contributed by atoms with van der Waals surface area (Å²) in [5.74, 6) is -0.499. The van der Waals surface area contributed by atoms with Crippen LogP contribution in [0, 0.1) is 0 Å². The highest BCUT2D eigenvalue weighted by molar-refractivity contribution is 8.77. The Hall–Kier alpha value is -5.68. The normalized spacial score (nSPS) is 24.3. The summed E-state index contributed by atoms with van der Waals surface area (Å²) in [6.45, 7) is -0.105. The number of nitrogens with two attached hydrogens (primary N) is 1. The molecule has 452 valence electrons. The van der Waals surface area contributed by atoms with Gasteiger partial charge >= 0.3 is 27.2 Å². The van der Waals surface area contributed by atoms with Crippen LogP contribution in [0.3, 0.4) is 0 Å². The van der Waals surface area contributed by atoms with Crippen LogP contribution in [0.25, 0.3) is 22.3 Å². The van der Waals surface area contributed by atoms with Crippen molar-refractivity contribution in [3.05, 3.63) is 37.5 Å². The smallest absolute Gasteiger partial charge is 0.449 e. The minimum atomic E-state index is -4.10. The number of nitrogens with one attached hydrogen (secondary N) is 1. The molecule has 4 aliphatic heterocycles. The molecule has 3 fully saturated rings. The average molecular weight is 1260 g/mol. The number of imide groups is 1. The second-order valence-corrected chi connectivity index (χ2v) is 26.4. The number of rotatable bonds is 23. The van der Waals surface area contributed by atoms with Crippen molar-refractivity contribution < 1.29 is 84.4 Å². The van der Waals surface area contributed by atoms with E-state index in [0.29, 0.717) is 25.3 Å². The van der Waals surface area contributed by atoms with Gasteiger partial charge in [-0.1, -0.05) is 21.6 Å². The standard InChI is InChI=1S/C46H61FN14O17P2S3/c1-46(2,10-8-30(62)56(3)11-12-57(4)31(63)9-15-70-16-14-59-32(64)6-7-33(59)65)83-82-19-18-72-45(67)58(5)13-17-71-44(66)55-40-37-42(52-24-50-40)60(25-54-37)34-20-27-28(75-34)21-73-79(68)77-38-29(22-74-80(69,81)78-27)76-43(35(38)47)61-26-53-36-39(48)49-23-51-41(36)61/h6-7,23-29,34-35,38,43H,8-22H2,1-5H3,(H3-,48,49,50,51,52,55,66,69,81)/p+1/t27-,28+,29+,34+,35+,38+,43+,80?/m0/s1. The van der Waals surface area contributed by atoms with E-state index in [1.165, 1.54) is 74.2 Å². The van der Waals surface area contributed by atoms with Crippen molar-refractivity contribution in [1.82, 2.24) is 58.6 Å². The number of carbonyl (C=O) groups excluding carboxylic acids is 6. The number of fused-ring (bicyclic) bond motifs is 4. The largest absolute Gasteiger partial charge is 0.697 e. The van der Waals surface area contributed by atoms with E-state index in [1.54, 1.807) is 29.8 Å². The van der Waals surface area contributed by atoms with Crippen molar-refractivity contribution in [2.24, 2.45) is 0 Å². The van der Waals surface area contributed by atoms with Gasteiger partial charge in [-0.05, 0) is 32.1 Å². The first kappa shape index (κ1) is 63.3. The third kappa shape index (κ3) is 16.6. The summed E-state index contributed by atoms with van der Waals surface area (Å²) >= 11 is 5.35. The van der Waals surface area contributed by atoms with E-state index in [1.807, 2.05) is 13.8 Å². The van der Waals surface area contributed by atoms with Gasteiger partial charge in [0.15, 0.2) is 47.0 Å². The lowest BCUT2D eigenvalue weighted by Gasteiger charge is -2.26. The Morgan fingerprint density at radius 1 is 0.867 bits per heavy atom. The molecule has 37 heteroatoms. The van der Waals surface area contributed by atoms with Crippen molar-refractivity contribution in [2.75, 3.05) is 104 Å². The summed E-state index contributed by atoms with van der Waals surface area (Å²) in [5, 5.41) is 2.53. The maximum Gasteiger partial charge on any atom is 0.697 e. The van der Waals surface area contributed by atoms with Crippen LogP contribution in [0.15, 0.2) is 37.5 Å². The fourth-order valence-corrected chi connectivity index (χ4v) is 13.2. The van der Waals surface area contributed by atoms with Crippen molar-refractivity contribution in [2.45, 2.75) is 87.3 Å². The van der Waals surface area contributed by atoms with Crippen LogP contribution < -0.4 is 11.1 Å². The molecule has 6 amide bonds. The summed E-state index contributed by atoms with van der Waals surface area (Å²) in [5.41, 5.74) is 6.63. The van der Waals surface area contributed by atoms with Crippen LogP contribution >= 0.6 is 36.6 Å². The molecule has 0 bridgehead atoms. The number of nitrogens with zero attached hydrogens (tertiary/aromatic N) is 12. The maximum atomic E-state index is 16.1. The fourth-order valence-electron chi connectivity index (χ4n) is 8.58. The molecule has 0 saturated carbocycles. The zero-order valence-corrected chi connectivity index (χ0v) is 49.8. The molecule has 0 radical (unpaired) electrons. The summed E-state index contributed by atoms with van der Waals surface area (Å²) in [4.78, 5) is 116. The van der Waals surface area contributed by atoms with E-state index in [0.717, 1.165) is 4.90 Å². The molecule has 4 aliphatic rings. The van der Waals surface area contributed by atoms with E-state index in [4.69, 9.17) is 59.3 Å². The Kier molecular flexibility index (Phi) is 21.7. The van der Waals surface area contributed by atoms with E-state index < -0.39 is 95.2 Å². The lowest BCUT2D eigenvalue weighted by molar-refractivity contribution is -0.138. The zero-order valence-electron chi connectivity index (χ0n) is 45.5. The number of alkyl halides is 1. The third-order valence-electron chi connectivity index (χ3n) is 13.3. The molecule has 8 heterocycles. The van der Waals surface area contributed by atoms with Gasteiger partial charge in [0.2, 0.25) is 11.8 Å². The zero-order chi connectivity index (χ0) is 59.6. The van der Waals surface area contributed by atoms with Crippen molar-refractivity contribution in [1.29, 1.82) is 0 Å². The Morgan fingerprint density at radius 3 is 2.30 bits per heavy atom. The molecule has 4 aromatic rings. The number of nitrogen functional groups attached to an aromatic ring is 1. The molecule has 0 spiro atoms. The Bertz CT molecular complexity index is 3100. The molecule has 83 heavy (non-hydrogen) atoms. The van der Waals surface area contributed by atoms with Crippen LogP contribution in [-0.2, 0) is 77.3 Å². The van der Waals surface area contributed by atoms with Gasteiger partial charge in [-0.2, -0.15) is 0 Å². The van der Waals surface area contributed by atoms with Gasteiger partial charge in [-0.3, -0.25) is 38.5 Å². The monoisotopic (exact) mass is 1260 g/mol. The van der Waals surface area contributed by atoms with Gasteiger partial charge in [-0.25, -0.2) is 43.9 Å². The average Bonchev–Trinajstić information content (AvgIpc) is 4.48. The summed E-state index contributed by atoms with van der Waals surface area (Å²) in [7, 11) is 4.89. The van der Waals surface area contributed by atoms with Crippen LogP contribution in [-0.4, -0.2) is 227 Å². The van der Waals surface area contributed by atoms with E-state index in [9.17, 15) is 38.2 Å². The van der Waals surface area contributed by atoms with E-state index in [2.05, 4.69) is 35.2 Å². The molecule has 0 aliphatic carbocycles. The highest BCUT2D eigenvalue weighted by Gasteiger charge is 2.54. The lowest BCUT2D eigenvalue weighted by atomic mass is 10.1. The topological polar surface area (TPSA) is 361 Å². The number of hydrogen-bond acceptors (Lipinski definition) is 26. The number of amides is 6. The van der Waals surface area contributed by atoms with E-state index >= 15 is 4.39 Å².